The molecule has 0 radical (unpaired) electrons. The first kappa shape index (κ1) is 25.6. The quantitative estimate of drug-likeness (QED) is 0.286. The van der Waals surface area contributed by atoms with Gasteiger partial charge in [-0.2, -0.15) is 8.42 Å². The minimum Gasteiger partial charge on any atom is -0.493 e. The van der Waals surface area contributed by atoms with Crippen molar-refractivity contribution in [2.45, 2.75) is 18.7 Å². The van der Waals surface area contributed by atoms with Gasteiger partial charge in [0.1, 0.15) is 11.4 Å². The normalized spacial score (nSPS) is 15.1. The van der Waals surface area contributed by atoms with Crippen LogP contribution in [0.15, 0.2) is 46.2 Å². The van der Waals surface area contributed by atoms with Gasteiger partial charge in [0.15, 0.2) is 5.75 Å². The number of thioether (sulfide) groups is 1. The minimum absolute atomic E-state index is 0.000175. The number of hydrogen-bond donors (Lipinski definition) is 0. The van der Waals surface area contributed by atoms with Crippen molar-refractivity contribution in [3.05, 3.63) is 57.5 Å². The fraction of sp³-hybridized carbons (Fsp3) is 0.227. The molecule has 2 aromatic carbocycles. The SMILES string of the molecule is CCOC(=O)CN1C(=O)S/C(=C\c2cc(Cl)c(OS(=O)(=O)c3ccc(C)cc3)c(OC)c2)C1=O. The van der Waals surface area contributed by atoms with Crippen LogP contribution in [-0.2, 0) is 24.4 Å². The highest BCUT2D eigenvalue weighted by Gasteiger charge is 2.36. The zero-order valence-electron chi connectivity index (χ0n) is 18.4. The van der Waals surface area contributed by atoms with Crippen molar-refractivity contribution in [3.8, 4) is 11.5 Å². The Morgan fingerprint density at radius 1 is 1.18 bits per heavy atom. The van der Waals surface area contributed by atoms with Gasteiger partial charge in [-0.15, -0.1) is 0 Å². The van der Waals surface area contributed by atoms with E-state index in [2.05, 4.69) is 0 Å². The summed E-state index contributed by atoms with van der Waals surface area (Å²) in [5, 5.41) is -0.710. The molecule has 0 bridgehead atoms. The second kappa shape index (κ2) is 10.5. The monoisotopic (exact) mass is 525 g/mol. The largest absolute Gasteiger partial charge is 0.493 e. The molecule has 3 rings (SSSR count). The lowest BCUT2D eigenvalue weighted by atomic mass is 10.2. The summed E-state index contributed by atoms with van der Waals surface area (Å²) in [4.78, 5) is 37.2. The van der Waals surface area contributed by atoms with E-state index in [-0.39, 0.29) is 32.9 Å². The number of imide groups is 1. The van der Waals surface area contributed by atoms with E-state index in [4.69, 9.17) is 25.3 Å². The molecule has 0 aliphatic carbocycles. The number of benzene rings is 2. The van der Waals surface area contributed by atoms with Crippen molar-refractivity contribution in [1.29, 1.82) is 0 Å². The van der Waals surface area contributed by atoms with E-state index in [0.717, 1.165) is 10.5 Å². The number of methoxy groups -OCH3 is 1. The summed E-state index contributed by atoms with van der Waals surface area (Å²) in [6.45, 7) is 3.06. The first-order valence-electron chi connectivity index (χ1n) is 9.85. The van der Waals surface area contributed by atoms with Gasteiger partial charge in [-0.3, -0.25) is 19.3 Å². The lowest BCUT2D eigenvalue weighted by Crippen LogP contribution is -2.34. The fourth-order valence-electron chi connectivity index (χ4n) is 2.89. The molecule has 9 nitrogen and oxygen atoms in total. The third-order valence-corrected chi connectivity index (χ3v) is 6.94. The summed E-state index contributed by atoms with van der Waals surface area (Å²) < 4.78 is 40.6. The molecular formula is C22H20ClNO8S2. The summed E-state index contributed by atoms with van der Waals surface area (Å²) in [6.07, 6.45) is 1.38. The predicted octanol–water partition coefficient (Wildman–Crippen LogP) is 4.02. The van der Waals surface area contributed by atoms with Crippen LogP contribution in [0.3, 0.4) is 0 Å². The molecule has 12 heteroatoms. The fourth-order valence-corrected chi connectivity index (χ4v) is 4.99. The minimum atomic E-state index is -4.19. The molecule has 2 amide bonds. The Labute approximate surface area is 205 Å². The van der Waals surface area contributed by atoms with Gasteiger partial charge in [0.05, 0.1) is 23.6 Å². The van der Waals surface area contributed by atoms with Crippen LogP contribution in [0.25, 0.3) is 6.08 Å². The molecule has 0 unspecified atom stereocenters. The van der Waals surface area contributed by atoms with Gasteiger partial charge in [0, 0.05) is 0 Å². The molecule has 1 fully saturated rings. The molecule has 1 heterocycles. The predicted molar refractivity (Wildman–Crippen MR) is 126 cm³/mol. The van der Waals surface area contributed by atoms with E-state index in [9.17, 15) is 22.8 Å². The topological polar surface area (TPSA) is 116 Å². The molecule has 34 heavy (non-hydrogen) atoms. The number of carbonyl (C=O) groups excluding carboxylic acids is 3. The summed E-state index contributed by atoms with van der Waals surface area (Å²) in [5.74, 6) is -1.59. The molecule has 1 saturated heterocycles. The average Bonchev–Trinajstić information content (AvgIpc) is 3.03. The molecule has 0 N–H and O–H groups in total. The second-order valence-electron chi connectivity index (χ2n) is 6.96. The van der Waals surface area contributed by atoms with Gasteiger partial charge in [-0.25, -0.2) is 0 Å². The number of rotatable bonds is 8. The van der Waals surface area contributed by atoms with Crippen LogP contribution >= 0.6 is 23.4 Å². The van der Waals surface area contributed by atoms with Crippen LogP contribution in [0.4, 0.5) is 4.79 Å². The summed E-state index contributed by atoms with van der Waals surface area (Å²) in [5.41, 5.74) is 1.23. The number of esters is 1. The molecule has 0 atom stereocenters. The maximum Gasteiger partial charge on any atom is 0.339 e. The third-order valence-electron chi connectivity index (χ3n) is 4.52. The van der Waals surface area contributed by atoms with E-state index in [1.54, 1.807) is 19.1 Å². The van der Waals surface area contributed by atoms with Crippen molar-refractivity contribution >= 4 is 56.7 Å². The second-order valence-corrected chi connectivity index (χ2v) is 9.90. The van der Waals surface area contributed by atoms with Crippen molar-refractivity contribution in [3.63, 3.8) is 0 Å². The van der Waals surface area contributed by atoms with Crippen LogP contribution < -0.4 is 8.92 Å². The first-order chi connectivity index (χ1) is 16.1. The van der Waals surface area contributed by atoms with Crippen molar-refractivity contribution in [2.24, 2.45) is 0 Å². The molecule has 2 aromatic rings. The first-order valence-corrected chi connectivity index (χ1v) is 12.5. The Bertz CT molecular complexity index is 1270. The van der Waals surface area contributed by atoms with E-state index < -0.39 is 33.8 Å². The molecule has 0 aromatic heterocycles. The molecule has 0 saturated carbocycles. The third kappa shape index (κ3) is 5.72. The Morgan fingerprint density at radius 3 is 2.47 bits per heavy atom. The highest BCUT2D eigenvalue weighted by Crippen LogP contribution is 2.40. The number of aryl methyl sites for hydroxylation is 1. The smallest absolute Gasteiger partial charge is 0.339 e. The number of carbonyl (C=O) groups is 3. The average molecular weight is 526 g/mol. The molecule has 1 aliphatic heterocycles. The maximum atomic E-state index is 12.7. The summed E-state index contributed by atoms with van der Waals surface area (Å²) >= 11 is 6.93. The van der Waals surface area contributed by atoms with Crippen molar-refractivity contribution in [2.75, 3.05) is 20.3 Å². The highest BCUT2D eigenvalue weighted by atomic mass is 35.5. The molecule has 180 valence electrons. The van der Waals surface area contributed by atoms with E-state index in [1.165, 1.54) is 37.5 Å². The van der Waals surface area contributed by atoms with E-state index in [1.807, 2.05) is 6.92 Å². The van der Waals surface area contributed by atoms with Crippen molar-refractivity contribution < 1.29 is 36.5 Å². The van der Waals surface area contributed by atoms with Gasteiger partial charge >= 0.3 is 16.1 Å². The Balaban J connectivity index is 1.88. The van der Waals surface area contributed by atoms with Gasteiger partial charge in [-0.1, -0.05) is 29.3 Å². The van der Waals surface area contributed by atoms with Crippen molar-refractivity contribution in [1.82, 2.24) is 4.90 Å². The number of nitrogens with zero attached hydrogens (tertiary/aromatic N) is 1. The number of amides is 2. The lowest BCUT2D eigenvalue weighted by molar-refractivity contribution is -0.145. The van der Waals surface area contributed by atoms with Gasteiger partial charge in [0.25, 0.3) is 11.1 Å². The molecule has 1 aliphatic rings. The van der Waals surface area contributed by atoms with Crippen LogP contribution in [-0.4, -0.2) is 50.7 Å². The number of hydrogen-bond acceptors (Lipinski definition) is 9. The Kier molecular flexibility index (Phi) is 7.90. The molecule has 0 spiro atoms. The van der Waals surface area contributed by atoms with Gasteiger partial charge in [0.2, 0.25) is 5.75 Å². The Hall–Kier alpha value is -3.02. The summed E-state index contributed by atoms with van der Waals surface area (Å²) in [6, 6.07) is 8.85. The molecular weight excluding hydrogens is 506 g/mol. The van der Waals surface area contributed by atoms with Crippen LogP contribution in [0, 0.1) is 6.92 Å². The van der Waals surface area contributed by atoms with E-state index in [0.29, 0.717) is 17.3 Å². The van der Waals surface area contributed by atoms with Crippen LogP contribution in [0.2, 0.25) is 5.02 Å². The number of ether oxygens (including phenoxy) is 2. The number of halogens is 1. The standard InChI is InChI=1S/C22H20ClNO8S2/c1-4-31-19(25)12-24-21(26)18(33-22(24)27)11-14-9-16(23)20(17(10-14)30-3)32-34(28,29)15-7-5-13(2)6-8-15/h5-11H,4,12H2,1-3H3/b18-11-. The van der Waals surface area contributed by atoms with Gasteiger partial charge in [-0.05, 0) is 61.5 Å². The summed E-state index contributed by atoms with van der Waals surface area (Å²) in [7, 11) is -2.89. The van der Waals surface area contributed by atoms with Gasteiger partial charge < -0.3 is 13.7 Å². The van der Waals surface area contributed by atoms with Crippen LogP contribution in [0.5, 0.6) is 11.5 Å². The zero-order valence-corrected chi connectivity index (χ0v) is 20.8. The van der Waals surface area contributed by atoms with E-state index >= 15 is 0 Å². The van der Waals surface area contributed by atoms with Crippen LogP contribution in [0.1, 0.15) is 18.1 Å². The zero-order chi connectivity index (χ0) is 25.0. The lowest BCUT2D eigenvalue weighted by Gasteiger charge is -2.13. The highest BCUT2D eigenvalue weighted by molar-refractivity contribution is 8.18. The Morgan fingerprint density at radius 2 is 1.85 bits per heavy atom. The maximum absolute atomic E-state index is 12.7.